The first-order valence-electron chi connectivity index (χ1n) is 11.9. The van der Waals surface area contributed by atoms with Gasteiger partial charge in [0.25, 0.3) is 5.91 Å². The summed E-state index contributed by atoms with van der Waals surface area (Å²) in [5.74, 6) is 0.453. The van der Waals surface area contributed by atoms with Gasteiger partial charge in [-0.25, -0.2) is 0 Å². The second kappa shape index (κ2) is 10.4. The second-order valence-corrected chi connectivity index (χ2v) is 10.2. The number of carbonyl (C=O) groups excluding carboxylic acids is 2. The molecule has 0 fully saturated rings. The number of benzene rings is 3. The summed E-state index contributed by atoms with van der Waals surface area (Å²) in [6.45, 7) is 1.57. The molecule has 0 saturated carbocycles. The van der Waals surface area contributed by atoms with E-state index in [1.54, 1.807) is 36.2 Å². The number of ether oxygens (including phenoxy) is 2. The maximum absolute atomic E-state index is 13.2. The SMILES string of the molecule is CN(C)CCN(C)C(=O)c1ccc(N=C(c2ccc3c(c2)OCO3)C2C(=O)Nc3cc(Br)ccc32)cc1. The lowest BCUT2D eigenvalue weighted by atomic mass is 9.90. The average molecular weight is 563 g/mol. The zero-order valence-corrected chi connectivity index (χ0v) is 22.4. The van der Waals surface area contributed by atoms with Crippen molar-refractivity contribution >= 4 is 44.8 Å². The summed E-state index contributed by atoms with van der Waals surface area (Å²) in [7, 11) is 5.75. The van der Waals surface area contributed by atoms with Gasteiger partial charge in [0, 0.05) is 41.4 Å². The first-order chi connectivity index (χ1) is 17.8. The molecule has 0 radical (unpaired) electrons. The van der Waals surface area contributed by atoms with E-state index in [1.165, 1.54) is 0 Å². The third-order valence-corrected chi connectivity index (χ3v) is 6.87. The lowest BCUT2D eigenvalue weighted by Gasteiger charge is -2.19. The van der Waals surface area contributed by atoms with Crippen molar-refractivity contribution in [3.8, 4) is 11.5 Å². The number of anilines is 1. The molecule has 0 aromatic heterocycles. The average Bonchev–Trinajstić information content (AvgIpc) is 3.48. The number of carbonyl (C=O) groups is 2. The Kier molecular flexibility index (Phi) is 6.99. The van der Waals surface area contributed by atoms with E-state index in [0.29, 0.717) is 35.0 Å². The molecule has 2 aliphatic heterocycles. The number of nitrogens with one attached hydrogen (secondary N) is 1. The molecule has 1 unspecified atom stereocenters. The molecule has 0 saturated heterocycles. The third-order valence-electron chi connectivity index (χ3n) is 6.38. The van der Waals surface area contributed by atoms with Crippen LogP contribution in [0.1, 0.15) is 27.4 Å². The normalized spacial score (nSPS) is 16.1. The van der Waals surface area contributed by atoms with Crippen molar-refractivity contribution in [2.75, 3.05) is 46.3 Å². The highest BCUT2D eigenvalue weighted by Gasteiger charge is 2.36. The molecule has 37 heavy (non-hydrogen) atoms. The molecular weight excluding hydrogens is 536 g/mol. The van der Waals surface area contributed by atoms with Crippen molar-refractivity contribution in [2.24, 2.45) is 4.99 Å². The van der Waals surface area contributed by atoms with E-state index in [4.69, 9.17) is 14.5 Å². The maximum atomic E-state index is 13.2. The fourth-order valence-corrected chi connectivity index (χ4v) is 4.71. The lowest BCUT2D eigenvalue weighted by Crippen LogP contribution is -2.33. The Morgan fingerprint density at radius 1 is 0.973 bits per heavy atom. The summed E-state index contributed by atoms with van der Waals surface area (Å²) >= 11 is 3.47. The summed E-state index contributed by atoms with van der Waals surface area (Å²) in [6.07, 6.45) is 0. The van der Waals surface area contributed by atoms with Crippen LogP contribution in [-0.2, 0) is 4.79 Å². The molecular formula is C28H27BrN4O4. The topological polar surface area (TPSA) is 83.5 Å². The van der Waals surface area contributed by atoms with Crippen molar-refractivity contribution in [1.82, 2.24) is 9.80 Å². The fourth-order valence-electron chi connectivity index (χ4n) is 4.35. The zero-order chi connectivity index (χ0) is 26.1. The second-order valence-electron chi connectivity index (χ2n) is 9.30. The Labute approximate surface area is 224 Å². The van der Waals surface area contributed by atoms with E-state index in [0.717, 1.165) is 27.8 Å². The van der Waals surface area contributed by atoms with Crippen molar-refractivity contribution in [2.45, 2.75) is 5.92 Å². The quantitative estimate of drug-likeness (QED) is 0.423. The molecule has 2 aliphatic rings. The first-order valence-corrected chi connectivity index (χ1v) is 12.7. The molecule has 2 amide bonds. The molecule has 0 spiro atoms. The molecule has 9 heteroatoms. The van der Waals surface area contributed by atoms with Crippen LogP contribution in [0.3, 0.4) is 0 Å². The molecule has 8 nitrogen and oxygen atoms in total. The van der Waals surface area contributed by atoms with Gasteiger partial charge in [0.05, 0.1) is 11.4 Å². The number of halogens is 1. The van der Waals surface area contributed by atoms with Crippen LogP contribution >= 0.6 is 15.9 Å². The highest BCUT2D eigenvalue weighted by Crippen LogP contribution is 2.40. The van der Waals surface area contributed by atoms with E-state index in [1.807, 2.05) is 55.4 Å². The molecule has 2 heterocycles. The number of hydrogen-bond donors (Lipinski definition) is 1. The van der Waals surface area contributed by atoms with Crippen LogP contribution in [0.5, 0.6) is 11.5 Å². The largest absolute Gasteiger partial charge is 0.454 e. The van der Waals surface area contributed by atoms with Gasteiger partial charge in [0.1, 0.15) is 5.92 Å². The third kappa shape index (κ3) is 5.23. The number of rotatable bonds is 7. The molecule has 3 aromatic carbocycles. The summed E-state index contributed by atoms with van der Waals surface area (Å²) < 4.78 is 11.9. The number of aliphatic imine (C=N–C) groups is 1. The van der Waals surface area contributed by atoms with Crippen LogP contribution in [0.4, 0.5) is 11.4 Å². The predicted octanol–water partition coefficient (Wildman–Crippen LogP) is 4.67. The molecule has 3 aromatic rings. The number of nitrogens with zero attached hydrogens (tertiary/aromatic N) is 3. The van der Waals surface area contributed by atoms with E-state index < -0.39 is 5.92 Å². The summed E-state index contributed by atoms with van der Waals surface area (Å²) in [4.78, 5) is 34.7. The van der Waals surface area contributed by atoms with Crippen LogP contribution in [0.15, 0.2) is 70.1 Å². The van der Waals surface area contributed by atoms with Gasteiger partial charge in [-0.15, -0.1) is 0 Å². The smallest absolute Gasteiger partial charge is 0.253 e. The van der Waals surface area contributed by atoms with Crippen molar-refractivity contribution in [3.05, 3.63) is 81.8 Å². The van der Waals surface area contributed by atoms with Gasteiger partial charge < -0.3 is 24.6 Å². The van der Waals surface area contributed by atoms with Gasteiger partial charge in [-0.2, -0.15) is 0 Å². The Bertz CT molecular complexity index is 1390. The van der Waals surface area contributed by atoms with Crippen molar-refractivity contribution < 1.29 is 19.1 Å². The minimum absolute atomic E-state index is 0.0527. The molecule has 0 aliphatic carbocycles. The number of fused-ring (bicyclic) bond motifs is 2. The van der Waals surface area contributed by atoms with Crippen LogP contribution in [0, 0.1) is 0 Å². The monoisotopic (exact) mass is 562 g/mol. The van der Waals surface area contributed by atoms with Crippen LogP contribution in [0.2, 0.25) is 0 Å². The van der Waals surface area contributed by atoms with Gasteiger partial charge in [-0.1, -0.05) is 22.0 Å². The van der Waals surface area contributed by atoms with Crippen LogP contribution in [-0.4, -0.2) is 68.4 Å². The maximum Gasteiger partial charge on any atom is 0.253 e. The first kappa shape index (κ1) is 25.0. The van der Waals surface area contributed by atoms with Crippen LogP contribution < -0.4 is 14.8 Å². The standard InChI is InChI=1S/C28H27BrN4O4/c1-32(2)12-13-33(3)28(35)17-4-8-20(9-5-17)30-26(18-6-11-23-24(14-18)37-16-36-23)25-21-10-7-19(29)15-22(21)31-27(25)34/h4-11,14-15,25H,12-13,16H2,1-3H3,(H,31,34). The van der Waals surface area contributed by atoms with Gasteiger partial charge in [0.2, 0.25) is 12.7 Å². The Morgan fingerprint density at radius 2 is 1.70 bits per heavy atom. The Morgan fingerprint density at radius 3 is 2.46 bits per heavy atom. The predicted molar refractivity (Wildman–Crippen MR) is 146 cm³/mol. The summed E-state index contributed by atoms with van der Waals surface area (Å²) in [5.41, 5.74) is 4.15. The molecule has 1 N–H and O–H groups in total. The van der Waals surface area contributed by atoms with Gasteiger partial charge in [-0.05, 0) is 74.3 Å². The van der Waals surface area contributed by atoms with Gasteiger partial charge >= 0.3 is 0 Å². The minimum Gasteiger partial charge on any atom is -0.454 e. The lowest BCUT2D eigenvalue weighted by molar-refractivity contribution is -0.115. The van der Waals surface area contributed by atoms with Gasteiger partial charge in [0.15, 0.2) is 11.5 Å². The fraction of sp³-hybridized carbons (Fsp3) is 0.250. The summed E-state index contributed by atoms with van der Waals surface area (Å²) in [6, 6.07) is 18.4. The molecule has 190 valence electrons. The van der Waals surface area contributed by atoms with E-state index >= 15 is 0 Å². The zero-order valence-electron chi connectivity index (χ0n) is 20.8. The molecule has 0 bridgehead atoms. The van der Waals surface area contributed by atoms with Crippen molar-refractivity contribution in [1.29, 1.82) is 0 Å². The molecule has 1 atom stereocenters. The number of likely N-dealkylation sites (N-methyl/N-ethyl adjacent to an activating group) is 2. The number of amides is 2. The van der Waals surface area contributed by atoms with E-state index in [-0.39, 0.29) is 18.6 Å². The van der Waals surface area contributed by atoms with Gasteiger partial charge in [-0.3, -0.25) is 14.6 Å². The highest BCUT2D eigenvalue weighted by atomic mass is 79.9. The van der Waals surface area contributed by atoms with E-state index in [2.05, 4.69) is 21.2 Å². The number of hydrogen-bond acceptors (Lipinski definition) is 6. The Balaban J connectivity index is 1.51. The Hall–Kier alpha value is -3.69. The summed E-state index contributed by atoms with van der Waals surface area (Å²) in [5, 5.41) is 2.97. The van der Waals surface area contributed by atoms with Crippen molar-refractivity contribution in [3.63, 3.8) is 0 Å². The minimum atomic E-state index is -0.609. The van der Waals surface area contributed by atoms with Crippen LogP contribution in [0.25, 0.3) is 0 Å². The molecule has 5 rings (SSSR count). The van der Waals surface area contributed by atoms with E-state index in [9.17, 15) is 9.59 Å². The highest BCUT2D eigenvalue weighted by molar-refractivity contribution is 9.10.